The molecule has 2 nitrogen and oxygen atoms in total. The molecule has 1 aliphatic rings. The van der Waals surface area contributed by atoms with Crippen LogP contribution in [-0.4, -0.2) is 15.8 Å². The number of aliphatic hydroxyl groups excluding tert-OH is 1. The lowest BCUT2D eigenvalue weighted by molar-refractivity contribution is 0.0604. The Morgan fingerprint density at radius 1 is 1.06 bits per heavy atom. The summed E-state index contributed by atoms with van der Waals surface area (Å²) >= 11 is 0. The van der Waals surface area contributed by atoms with Gasteiger partial charge in [0.2, 0.25) is 0 Å². The van der Waals surface area contributed by atoms with Crippen LogP contribution in [0.25, 0.3) is 0 Å². The lowest BCUT2D eigenvalue weighted by Gasteiger charge is -2.26. The lowest BCUT2D eigenvalue weighted by Crippen LogP contribution is -2.29. The highest BCUT2D eigenvalue weighted by molar-refractivity contribution is 5.27. The van der Waals surface area contributed by atoms with Gasteiger partial charge in [0.1, 0.15) is 11.7 Å². The Morgan fingerprint density at radius 3 is 2.35 bits per heavy atom. The minimum absolute atomic E-state index is 0.724. The molecule has 0 radical (unpaired) electrons. The summed E-state index contributed by atoms with van der Waals surface area (Å²) in [6.45, 7) is 0. The Morgan fingerprint density at radius 2 is 1.71 bits per heavy atom. The van der Waals surface area contributed by atoms with E-state index < -0.39 is 11.7 Å². The van der Waals surface area contributed by atoms with Crippen molar-refractivity contribution in [3.63, 3.8) is 0 Å². The highest BCUT2D eigenvalue weighted by atomic mass is 16.3. The van der Waals surface area contributed by atoms with Crippen LogP contribution in [0.5, 0.6) is 0 Å². The largest absolute Gasteiger partial charge is 0.378 e. The van der Waals surface area contributed by atoms with E-state index in [0.717, 1.165) is 31.2 Å². The maximum absolute atomic E-state index is 10.2. The van der Waals surface area contributed by atoms with Crippen LogP contribution >= 0.6 is 0 Å². The van der Waals surface area contributed by atoms with Crippen LogP contribution in [0, 0.1) is 11.8 Å². The molecule has 1 aromatic rings. The smallest absolute Gasteiger partial charge is 0.140 e. The van der Waals surface area contributed by atoms with E-state index in [1.165, 1.54) is 6.42 Å². The van der Waals surface area contributed by atoms with E-state index in [-0.39, 0.29) is 0 Å². The molecule has 2 heteroatoms. The minimum Gasteiger partial charge on any atom is -0.378 e. The van der Waals surface area contributed by atoms with Gasteiger partial charge in [-0.1, -0.05) is 48.6 Å². The third-order valence-electron chi connectivity index (χ3n) is 3.24. The number of benzene rings is 1. The SMILES string of the molecule is OC(C#CC1(O)CCCCC1)c1ccccc1. The van der Waals surface area contributed by atoms with E-state index in [4.69, 9.17) is 0 Å². The molecule has 0 spiro atoms. The van der Waals surface area contributed by atoms with E-state index in [2.05, 4.69) is 11.8 Å². The maximum Gasteiger partial charge on any atom is 0.140 e. The summed E-state index contributed by atoms with van der Waals surface area (Å²) in [6, 6.07) is 9.32. The monoisotopic (exact) mass is 230 g/mol. The van der Waals surface area contributed by atoms with E-state index in [0.29, 0.717) is 0 Å². The van der Waals surface area contributed by atoms with Crippen LogP contribution in [0.15, 0.2) is 30.3 Å². The quantitative estimate of drug-likeness (QED) is 0.727. The Balaban J connectivity index is 2.06. The molecule has 2 N–H and O–H groups in total. The molecule has 2 rings (SSSR count). The molecule has 0 saturated heterocycles. The molecule has 0 amide bonds. The highest BCUT2D eigenvalue weighted by Crippen LogP contribution is 2.27. The summed E-state index contributed by atoms with van der Waals surface area (Å²) in [4.78, 5) is 0. The van der Waals surface area contributed by atoms with E-state index >= 15 is 0 Å². The summed E-state index contributed by atoms with van der Waals surface area (Å²) in [5.41, 5.74) is -0.104. The van der Waals surface area contributed by atoms with Crippen LogP contribution in [0.1, 0.15) is 43.8 Å². The number of hydrogen-bond acceptors (Lipinski definition) is 2. The highest BCUT2D eigenvalue weighted by Gasteiger charge is 2.26. The standard InChI is InChI=1S/C15H18O2/c16-14(13-7-3-1-4-8-13)9-12-15(17)10-5-2-6-11-15/h1,3-4,7-8,14,16-17H,2,5-6,10-11H2. The molecule has 0 aromatic heterocycles. The zero-order valence-electron chi connectivity index (χ0n) is 9.89. The zero-order valence-corrected chi connectivity index (χ0v) is 9.89. The van der Waals surface area contributed by atoms with Gasteiger partial charge in [0.25, 0.3) is 0 Å². The molecule has 0 aliphatic heterocycles. The molecule has 0 bridgehead atoms. The van der Waals surface area contributed by atoms with Crippen molar-refractivity contribution in [1.29, 1.82) is 0 Å². The van der Waals surface area contributed by atoms with Gasteiger partial charge in [0, 0.05) is 0 Å². The average Bonchev–Trinajstić information content (AvgIpc) is 2.38. The van der Waals surface area contributed by atoms with E-state index in [9.17, 15) is 10.2 Å². The maximum atomic E-state index is 10.2. The van der Waals surface area contributed by atoms with Crippen molar-refractivity contribution in [2.24, 2.45) is 0 Å². The molecule has 0 heterocycles. The molecular formula is C15H18O2. The molecule has 17 heavy (non-hydrogen) atoms. The predicted octanol–water partition coefficient (Wildman–Crippen LogP) is 2.42. The average molecular weight is 230 g/mol. The van der Waals surface area contributed by atoms with Crippen LogP contribution in [0.3, 0.4) is 0 Å². The number of rotatable bonds is 1. The van der Waals surface area contributed by atoms with Crippen molar-refractivity contribution >= 4 is 0 Å². The molecule has 1 unspecified atom stereocenters. The summed E-state index contributed by atoms with van der Waals surface area (Å²) in [5, 5.41) is 20.1. The second kappa shape index (κ2) is 5.35. The van der Waals surface area contributed by atoms with Crippen molar-refractivity contribution in [2.75, 3.05) is 0 Å². The van der Waals surface area contributed by atoms with Crippen LogP contribution in [-0.2, 0) is 0 Å². The first kappa shape index (κ1) is 12.2. The Kier molecular flexibility index (Phi) is 3.83. The van der Waals surface area contributed by atoms with Gasteiger partial charge < -0.3 is 10.2 Å². The first-order valence-corrected chi connectivity index (χ1v) is 6.18. The van der Waals surface area contributed by atoms with Gasteiger partial charge in [-0.3, -0.25) is 0 Å². The second-order valence-electron chi connectivity index (χ2n) is 4.67. The number of aliphatic hydroxyl groups is 2. The van der Waals surface area contributed by atoms with Gasteiger partial charge in [-0.05, 0) is 31.2 Å². The van der Waals surface area contributed by atoms with E-state index in [1.54, 1.807) is 0 Å². The first-order chi connectivity index (χ1) is 8.20. The van der Waals surface area contributed by atoms with Gasteiger partial charge in [-0.25, -0.2) is 0 Å². The predicted molar refractivity (Wildman–Crippen MR) is 67.2 cm³/mol. The van der Waals surface area contributed by atoms with Crippen molar-refractivity contribution in [3.8, 4) is 11.8 Å². The molecule has 1 saturated carbocycles. The fraction of sp³-hybridized carbons (Fsp3) is 0.467. The van der Waals surface area contributed by atoms with Gasteiger partial charge in [0.15, 0.2) is 0 Å². The normalized spacial score (nSPS) is 20.1. The third-order valence-corrected chi connectivity index (χ3v) is 3.24. The van der Waals surface area contributed by atoms with Crippen molar-refractivity contribution in [1.82, 2.24) is 0 Å². The fourth-order valence-corrected chi connectivity index (χ4v) is 2.18. The van der Waals surface area contributed by atoms with Crippen LogP contribution in [0.4, 0.5) is 0 Å². The molecule has 90 valence electrons. The van der Waals surface area contributed by atoms with Gasteiger partial charge in [-0.15, -0.1) is 0 Å². The van der Waals surface area contributed by atoms with Gasteiger partial charge in [-0.2, -0.15) is 0 Å². The molecule has 1 fully saturated rings. The Bertz CT molecular complexity index is 408. The first-order valence-electron chi connectivity index (χ1n) is 6.18. The topological polar surface area (TPSA) is 40.5 Å². The van der Waals surface area contributed by atoms with Crippen molar-refractivity contribution < 1.29 is 10.2 Å². The molecule has 1 aliphatic carbocycles. The third kappa shape index (κ3) is 3.33. The van der Waals surface area contributed by atoms with Crippen molar-refractivity contribution in [2.45, 2.75) is 43.8 Å². The summed E-state index contributed by atoms with van der Waals surface area (Å²) in [6.07, 6.45) is 3.86. The molecule has 1 atom stereocenters. The van der Waals surface area contributed by atoms with Gasteiger partial charge >= 0.3 is 0 Å². The zero-order chi connectivity index (χ0) is 12.1. The summed E-state index contributed by atoms with van der Waals surface area (Å²) in [7, 11) is 0. The lowest BCUT2D eigenvalue weighted by atomic mass is 9.85. The van der Waals surface area contributed by atoms with Crippen LogP contribution in [0.2, 0.25) is 0 Å². The minimum atomic E-state index is -0.881. The summed E-state index contributed by atoms with van der Waals surface area (Å²) in [5.74, 6) is 5.62. The van der Waals surface area contributed by atoms with E-state index in [1.807, 2.05) is 30.3 Å². The number of hydrogen-bond donors (Lipinski definition) is 2. The fourth-order valence-electron chi connectivity index (χ4n) is 2.18. The Labute approximate surface area is 102 Å². The second-order valence-corrected chi connectivity index (χ2v) is 4.67. The molecule has 1 aromatic carbocycles. The van der Waals surface area contributed by atoms with Crippen LogP contribution < -0.4 is 0 Å². The van der Waals surface area contributed by atoms with Crippen molar-refractivity contribution in [3.05, 3.63) is 35.9 Å². The molecular weight excluding hydrogens is 212 g/mol. The Hall–Kier alpha value is -1.30. The summed E-state index contributed by atoms with van der Waals surface area (Å²) < 4.78 is 0. The van der Waals surface area contributed by atoms with Gasteiger partial charge in [0.05, 0.1) is 0 Å².